The van der Waals surface area contributed by atoms with Crippen molar-refractivity contribution in [1.82, 2.24) is 15.1 Å². The first kappa shape index (κ1) is 10.2. The van der Waals surface area contributed by atoms with Gasteiger partial charge < -0.3 is 10.1 Å². The van der Waals surface area contributed by atoms with Gasteiger partial charge >= 0.3 is 0 Å². The Balaban J connectivity index is 2.31. The summed E-state index contributed by atoms with van der Waals surface area (Å²) < 4.78 is 7.14. The van der Waals surface area contributed by atoms with Crippen molar-refractivity contribution in [2.75, 3.05) is 20.3 Å². The Hall–Kier alpha value is -0.870. The number of hydrogen-bond donors (Lipinski definition) is 1. The smallest absolute Gasteiger partial charge is 0.0662 e. The number of hydrogen-bond acceptors (Lipinski definition) is 3. The van der Waals surface area contributed by atoms with E-state index < -0.39 is 0 Å². The Morgan fingerprint density at radius 1 is 1.62 bits per heavy atom. The molecule has 0 aromatic carbocycles. The van der Waals surface area contributed by atoms with Gasteiger partial charge in [-0.1, -0.05) is 0 Å². The second-order valence-electron chi connectivity index (χ2n) is 2.84. The van der Waals surface area contributed by atoms with Crippen LogP contribution in [0.4, 0.5) is 0 Å². The summed E-state index contributed by atoms with van der Waals surface area (Å²) in [7, 11) is 1.93. The van der Waals surface area contributed by atoms with Gasteiger partial charge in [-0.15, -0.1) is 0 Å². The van der Waals surface area contributed by atoms with Gasteiger partial charge in [0.1, 0.15) is 0 Å². The van der Waals surface area contributed by atoms with E-state index in [1.807, 2.05) is 31.0 Å². The third-order valence-corrected chi connectivity index (χ3v) is 1.74. The zero-order valence-electron chi connectivity index (χ0n) is 8.29. The van der Waals surface area contributed by atoms with E-state index in [1.54, 1.807) is 0 Å². The van der Waals surface area contributed by atoms with Gasteiger partial charge in [-0.25, -0.2) is 0 Å². The summed E-state index contributed by atoms with van der Waals surface area (Å²) >= 11 is 0. The van der Waals surface area contributed by atoms with Crippen LogP contribution >= 0.6 is 0 Å². The van der Waals surface area contributed by atoms with Gasteiger partial charge in [0.2, 0.25) is 0 Å². The highest BCUT2D eigenvalue weighted by Crippen LogP contribution is 1.96. The normalized spacial score (nSPS) is 10.6. The first-order chi connectivity index (χ1) is 6.36. The van der Waals surface area contributed by atoms with E-state index in [4.69, 9.17) is 4.74 Å². The van der Waals surface area contributed by atoms with Crippen LogP contribution in [-0.4, -0.2) is 30.0 Å². The summed E-state index contributed by atoms with van der Waals surface area (Å²) in [4.78, 5) is 0. The van der Waals surface area contributed by atoms with Crippen LogP contribution in [0.1, 0.15) is 12.5 Å². The lowest BCUT2D eigenvalue weighted by Crippen LogP contribution is -2.06. The van der Waals surface area contributed by atoms with Crippen molar-refractivity contribution in [3.63, 3.8) is 0 Å². The van der Waals surface area contributed by atoms with Crippen LogP contribution in [0.15, 0.2) is 12.4 Å². The van der Waals surface area contributed by atoms with E-state index in [9.17, 15) is 0 Å². The van der Waals surface area contributed by atoms with E-state index in [1.165, 1.54) is 5.56 Å². The average molecular weight is 183 g/mol. The molecule has 1 aromatic rings. The quantitative estimate of drug-likeness (QED) is 0.658. The van der Waals surface area contributed by atoms with Crippen LogP contribution in [0.3, 0.4) is 0 Å². The molecular weight excluding hydrogens is 166 g/mol. The fraction of sp³-hybridized carbons (Fsp3) is 0.667. The molecule has 13 heavy (non-hydrogen) atoms. The van der Waals surface area contributed by atoms with Crippen LogP contribution in [0, 0.1) is 0 Å². The number of aromatic nitrogens is 2. The molecule has 4 nitrogen and oxygen atoms in total. The molecule has 0 fully saturated rings. The third kappa shape index (κ3) is 3.57. The summed E-state index contributed by atoms with van der Waals surface area (Å²) in [5, 5.41) is 7.28. The molecule has 74 valence electrons. The van der Waals surface area contributed by atoms with Gasteiger partial charge in [0, 0.05) is 24.9 Å². The monoisotopic (exact) mass is 183 g/mol. The lowest BCUT2D eigenvalue weighted by Gasteiger charge is -2.00. The van der Waals surface area contributed by atoms with Crippen molar-refractivity contribution >= 4 is 0 Å². The summed E-state index contributed by atoms with van der Waals surface area (Å²) in [6.45, 7) is 5.20. The molecule has 0 amide bonds. The van der Waals surface area contributed by atoms with Crippen molar-refractivity contribution in [1.29, 1.82) is 0 Å². The maximum absolute atomic E-state index is 5.23. The molecule has 0 bridgehead atoms. The minimum absolute atomic E-state index is 0.733. The fourth-order valence-electron chi connectivity index (χ4n) is 1.13. The molecule has 0 aliphatic rings. The Morgan fingerprint density at radius 3 is 3.15 bits per heavy atom. The molecule has 4 heteroatoms. The van der Waals surface area contributed by atoms with Crippen LogP contribution in [-0.2, 0) is 17.8 Å². The second-order valence-corrected chi connectivity index (χ2v) is 2.84. The topological polar surface area (TPSA) is 39.1 Å². The Kier molecular flexibility index (Phi) is 4.49. The Bertz CT molecular complexity index is 235. The average Bonchev–Trinajstić information content (AvgIpc) is 2.54. The summed E-state index contributed by atoms with van der Waals surface area (Å²) in [6.07, 6.45) is 3.91. The van der Waals surface area contributed by atoms with Crippen molar-refractivity contribution in [2.24, 2.45) is 0 Å². The van der Waals surface area contributed by atoms with Gasteiger partial charge in [0.05, 0.1) is 19.3 Å². The van der Waals surface area contributed by atoms with Crippen molar-refractivity contribution in [3.8, 4) is 0 Å². The summed E-state index contributed by atoms with van der Waals surface area (Å²) in [6, 6.07) is 0. The van der Waals surface area contributed by atoms with Gasteiger partial charge in [-0.05, 0) is 14.0 Å². The van der Waals surface area contributed by atoms with Crippen LogP contribution in [0.25, 0.3) is 0 Å². The Labute approximate surface area is 78.9 Å². The highest BCUT2D eigenvalue weighted by molar-refractivity contribution is 5.02. The maximum Gasteiger partial charge on any atom is 0.0662 e. The van der Waals surface area contributed by atoms with Crippen LogP contribution in [0.2, 0.25) is 0 Å². The van der Waals surface area contributed by atoms with Gasteiger partial charge in [-0.2, -0.15) is 5.10 Å². The molecule has 0 aliphatic heterocycles. The third-order valence-electron chi connectivity index (χ3n) is 1.74. The zero-order valence-corrected chi connectivity index (χ0v) is 8.29. The van der Waals surface area contributed by atoms with Crippen molar-refractivity contribution in [2.45, 2.75) is 20.0 Å². The van der Waals surface area contributed by atoms with Gasteiger partial charge in [-0.3, -0.25) is 4.68 Å². The minimum atomic E-state index is 0.733. The highest BCUT2D eigenvalue weighted by atomic mass is 16.5. The Morgan fingerprint density at radius 2 is 2.46 bits per heavy atom. The zero-order chi connectivity index (χ0) is 9.52. The molecule has 0 spiro atoms. The maximum atomic E-state index is 5.23. The molecule has 0 unspecified atom stereocenters. The lowest BCUT2D eigenvalue weighted by atomic mass is 10.4. The number of nitrogens with one attached hydrogen (secondary N) is 1. The molecule has 0 radical (unpaired) electrons. The molecule has 0 saturated heterocycles. The van der Waals surface area contributed by atoms with Crippen LogP contribution in [0.5, 0.6) is 0 Å². The van der Waals surface area contributed by atoms with E-state index in [2.05, 4.69) is 10.4 Å². The second kappa shape index (κ2) is 5.72. The molecule has 1 heterocycles. The first-order valence-electron chi connectivity index (χ1n) is 4.60. The van der Waals surface area contributed by atoms with E-state index in [0.29, 0.717) is 0 Å². The minimum Gasteiger partial charge on any atom is -0.380 e. The molecule has 1 aromatic heterocycles. The predicted octanol–water partition coefficient (Wildman–Crippen LogP) is 0.639. The number of nitrogens with zero attached hydrogens (tertiary/aromatic N) is 2. The SMILES string of the molecule is CCOCCn1cc(CNC)cn1. The van der Waals surface area contributed by atoms with Gasteiger partial charge in [0.15, 0.2) is 0 Å². The molecule has 0 atom stereocenters. The lowest BCUT2D eigenvalue weighted by molar-refractivity contribution is 0.136. The summed E-state index contributed by atoms with van der Waals surface area (Å²) in [5.74, 6) is 0. The fourth-order valence-corrected chi connectivity index (χ4v) is 1.13. The standard InChI is InChI=1S/C9H17N3O/c1-3-13-5-4-12-8-9(6-10-2)7-11-12/h7-8,10H,3-6H2,1-2H3. The van der Waals surface area contributed by atoms with Crippen molar-refractivity contribution < 1.29 is 4.74 Å². The largest absolute Gasteiger partial charge is 0.380 e. The van der Waals surface area contributed by atoms with E-state index in [0.717, 1.165) is 26.3 Å². The summed E-state index contributed by atoms with van der Waals surface area (Å²) in [5.41, 5.74) is 1.21. The first-order valence-corrected chi connectivity index (χ1v) is 4.60. The number of ether oxygens (including phenoxy) is 1. The number of rotatable bonds is 6. The molecule has 1 rings (SSSR count). The molecule has 1 N–H and O–H groups in total. The van der Waals surface area contributed by atoms with Crippen LogP contribution < -0.4 is 5.32 Å². The van der Waals surface area contributed by atoms with E-state index in [-0.39, 0.29) is 0 Å². The van der Waals surface area contributed by atoms with E-state index >= 15 is 0 Å². The van der Waals surface area contributed by atoms with Gasteiger partial charge in [0.25, 0.3) is 0 Å². The molecular formula is C9H17N3O. The molecule has 0 saturated carbocycles. The highest BCUT2D eigenvalue weighted by Gasteiger charge is 1.96. The molecule has 0 aliphatic carbocycles. The van der Waals surface area contributed by atoms with Crippen molar-refractivity contribution in [3.05, 3.63) is 18.0 Å². The predicted molar refractivity (Wildman–Crippen MR) is 51.5 cm³/mol.